The first-order valence-corrected chi connectivity index (χ1v) is 4.91. The Balaban J connectivity index is 2.54. The second-order valence-electron chi connectivity index (χ2n) is 3.64. The average molecular weight is 227 g/mol. The van der Waals surface area contributed by atoms with Gasteiger partial charge in [-0.2, -0.15) is 0 Å². The molecule has 1 rings (SSSR count). The maximum atomic E-state index is 11.8. The summed E-state index contributed by atoms with van der Waals surface area (Å²) in [6.07, 6.45) is 0.860. The number of anilines is 1. The number of aliphatic hydroxyl groups is 1. The predicted molar refractivity (Wildman–Crippen MR) is 60.0 cm³/mol. The van der Waals surface area contributed by atoms with Crippen molar-refractivity contribution in [2.75, 3.05) is 33.0 Å². The number of nitrogens with one attached hydrogen (secondary N) is 1. The number of carbonyl (C=O) groups excluding carboxylic acids is 1. The SMILES string of the molecule is COCC(O)CN(C)C(=O)c1cc(N)c[nH]1. The van der Waals surface area contributed by atoms with Crippen molar-refractivity contribution in [2.45, 2.75) is 6.10 Å². The molecule has 16 heavy (non-hydrogen) atoms. The molecule has 1 amide bonds. The van der Waals surface area contributed by atoms with E-state index < -0.39 is 6.10 Å². The van der Waals surface area contributed by atoms with Crippen LogP contribution in [0.15, 0.2) is 12.3 Å². The first kappa shape index (κ1) is 12.5. The third kappa shape index (κ3) is 3.25. The summed E-state index contributed by atoms with van der Waals surface area (Å²) in [5.41, 5.74) is 6.41. The average Bonchev–Trinajstić information content (AvgIpc) is 2.64. The maximum absolute atomic E-state index is 11.8. The van der Waals surface area contributed by atoms with Gasteiger partial charge in [-0.05, 0) is 6.07 Å². The van der Waals surface area contributed by atoms with E-state index in [4.69, 9.17) is 10.5 Å². The zero-order chi connectivity index (χ0) is 12.1. The summed E-state index contributed by atoms with van der Waals surface area (Å²) in [6.45, 7) is 0.413. The highest BCUT2D eigenvalue weighted by molar-refractivity contribution is 5.93. The highest BCUT2D eigenvalue weighted by Gasteiger charge is 2.16. The number of rotatable bonds is 5. The Labute approximate surface area is 94.0 Å². The first-order chi connectivity index (χ1) is 7.54. The van der Waals surface area contributed by atoms with Gasteiger partial charge in [0.15, 0.2) is 0 Å². The van der Waals surface area contributed by atoms with Gasteiger partial charge in [0.05, 0.1) is 12.7 Å². The van der Waals surface area contributed by atoms with E-state index in [1.54, 1.807) is 19.3 Å². The van der Waals surface area contributed by atoms with Crippen LogP contribution >= 0.6 is 0 Å². The molecule has 6 heteroatoms. The number of nitrogens with zero attached hydrogens (tertiary/aromatic N) is 1. The van der Waals surface area contributed by atoms with Crippen molar-refractivity contribution >= 4 is 11.6 Å². The van der Waals surface area contributed by atoms with E-state index in [1.165, 1.54) is 12.0 Å². The van der Waals surface area contributed by atoms with Gasteiger partial charge in [-0.15, -0.1) is 0 Å². The number of hydrogen-bond donors (Lipinski definition) is 3. The van der Waals surface area contributed by atoms with Gasteiger partial charge in [0, 0.05) is 32.6 Å². The summed E-state index contributed by atoms with van der Waals surface area (Å²) in [6, 6.07) is 1.56. The van der Waals surface area contributed by atoms with Crippen LogP contribution in [0.25, 0.3) is 0 Å². The fraction of sp³-hybridized carbons (Fsp3) is 0.500. The van der Waals surface area contributed by atoms with Crippen molar-refractivity contribution in [2.24, 2.45) is 0 Å². The number of aromatic nitrogens is 1. The molecule has 0 aliphatic heterocycles. The molecule has 1 atom stereocenters. The number of nitrogens with two attached hydrogens (primary N) is 1. The molecule has 0 saturated heterocycles. The van der Waals surface area contributed by atoms with E-state index >= 15 is 0 Å². The van der Waals surface area contributed by atoms with Crippen molar-refractivity contribution in [3.05, 3.63) is 18.0 Å². The van der Waals surface area contributed by atoms with Crippen LogP contribution in [0.1, 0.15) is 10.5 Å². The van der Waals surface area contributed by atoms with Crippen LogP contribution in [-0.2, 0) is 4.74 Å². The second-order valence-corrected chi connectivity index (χ2v) is 3.64. The molecule has 0 fully saturated rings. The highest BCUT2D eigenvalue weighted by Crippen LogP contribution is 2.07. The van der Waals surface area contributed by atoms with Crippen molar-refractivity contribution < 1.29 is 14.6 Å². The van der Waals surface area contributed by atoms with Gasteiger partial charge in [-0.1, -0.05) is 0 Å². The minimum absolute atomic E-state index is 0.199. The molecule has 0 saturated carbocycles. The molecule has 0 aromatic carbocycles. The van der Waals surface area contributed by atoms with Crippen LogP contribution in [-0.4, -0.2) is 54.3 Å². The molecule has 0 aliphatic rings. The summed E-state index contributed by atoms with van der Waals surface area (Å²) in [5.74, 6) is -0.216. The quantitative estimate of drug-likeness (QED) is 0.642. The Kier molecular flexibility index (Phi) is 4.33. The largest absolute Gasteiger partial charge is 0.397 e. The molecule has 0 aliphatic carbocycles. The van der Waals surface area contributed by atoms with Crippen LogP contribution in [0.3, 0.4) is 0 Å². The summed E-state index contributed by atoms with van der Waals surface area (Å²) in [7, 11) is 3.11. The van der Waals surface area contributed by atoms with E-state index in [2.05, 4.69) is 4.98 Å². The Morgan fingerprint density at radius 3 is 2.94 bits per heavy atom. The van der Waals surface area contributed by atoms with Crippen LogP contribution in [0.5, 0.6) is 0 Å². The third-order valence-corrected chi connectivity index (χ3v) is 2.13. The zero-order valence-electron chi connectivity index (χ0n) is 9.43. The van der Waals surface area contributed by atoms with Gasteiger partial charge < -0.3 is 25.5 Å². The van der Waals surface area contributed by atoms with Gasteiger partial charge in [-0.25, -0.2) is 0 Å². The number of carbonyl (C=O) groups is 1. The first-order valence-electron chi connectivity index (χ1n) is 4.91. The molecule has 0 radical (unpaired) electrons. The monoisotopic (exact) mass is 227 g/mol. The Morgan fingerprint density at radius 2 is 2.44 bits per heavy atom. The minimum Gasteiger partial charge on any atom is -0.397 e. The van der Waals surface area contributed by atoms with Gasteiger partial charge in [0.2, 0.25) is 0 Å². The fourth-order valence-electron chi connectivity index (χ4n) is 1.38. The number of amides is 1. The van der Waals surface area contributed by atoms with Crippen LogP contribution in [0.2, 0.25) is 0 Å². The summed E-state index contributed by atoms with van der Waals surface area (Å²) >= 11 is 0. The second kappa shape index (κ2) is 5.53. The molecular weight excluding hydrogens is 210 g/mol. The van der Waals surface area contributed by atoms with Gasteiger partial charge >= 0.3 is 0 Å². The Hall–Kier alpha value is -1.53. The van der Waals surface area contributed by atoms with Crippen molar-refractivity contribution in [1.29, 1.82) is 0 Å². The zero-order valence-corrected chi connectivity index (χ0v) is 9.43. The Bertz CT molecular complexity index is 351. The van der Waals surface area contributed by atoms with Crippen LogP contribution in [0.4, 0.5) is 5.69 Å². The number of likely N-dealkylation sites (N-methyl/N-ethyl adjacent to an activating group) is 1. The van der Waals surface area contributed by atoms with E-state index in [-0.39, 0.29) is 19.1 Å². The van der Waals surface area contributed by atoms with Crippen LogP contribution in [0, 0.1) is 0 Å². The molecule has 1 unspecified atom stereocenters. The molecule has 6 nitrogen and oxygen atoms in total. The molecule has 0 bridgehead atoms. The van der Waals surface area contributed by atoms with Gasteiger partial charge in [0.1, 0.15) is 5.69 Å². The lowest BCUT2D eigenvalue weighted by atomic mass is 10.3. The number of ether oxygens (including phenoxy) is 1. The molecule has 1 heterocycles. The number of aromatic amines is 1. The van der Waals surface area contributed by atoms with Gasteiger partial charge in [0.25, 0.3) is 5.91 Å². The molecule has 4 N–H and O–H groups in total. The lowest BCUT2D eigenvalue weighted by molar-refractivity contribution is 0.0378. The number of methoxy groups -OCH3 is 1. The van der Waals surface area contributed by atoms with E-state index in [9.17, 15) is 9.90 Å². The van der Waals surface area contributed by atoms with E-state index in [0.717, 1.165) is 0 Å². The lowest BCUT2D eigenvalue weighted by Gasteiger charge is -2.19. The molecule has 1 aromatic rings. The normalized spacial score (nSPS) is 12.4. The number of H-pyrrole nitrogens is 1. The van der Waals surface area contributed by atoms with Crippen LogP contribution < -0.4 is 5.73 Å². The van der Waals surface area contributed by atoms with E-state index in [1.807, 2.05) is 0 Å². The molecule has 90 valence electrons. The molecule has 1 aromatic heterocycles. The highest BCUT2D eigenvalue weighted by atomic mass is 16.5. The summed E-state index contributed by atoms with van der Waals surface area (Å²) < 4.78 is 4.78. The summed E-state index contributed by atoms with van der Waals surface area (Å²) in [5, 5.41) is 9.47. The smallest absolute Gasteiger partial charge is 0.270 e. The van der Waals surface area contributed by atoms with Gasteiger partial charge in [-0.3, -0.25) is 4.79 Å². The van der Waals surface area contributed by atoms with Crippen molar-refractivity contribution in [3.8, 4) is 0 Å². The van der Waals surface area contributed by atoms with Crippen molar-refractivity contribution in [3.63, 3.8) is 0 Å². The minimum atomic E-state index is -0.689. The predicted octanol–water partition coefficient (Wildman–Crippen LogP) is -0.324. The number of hydrogen-bond acceptors (Lipinski definition) is 4. The standard InChI is InChI=1S/C10H17N3O3/c1-13(5-8(14)6-16-2)10(15)9-3-7(11)4-12-9/h3-4,8,12,14H,5-6,11H2,1-2H3. The maximum Gasteiger partial charge on any atom is 0.270 e. The van der Waals surface area contributed by atoms with Crippen molar-refractivity contribution in [1.82, 2.24) is 9.88 Å². The molecular formula is C10H17N3O3. The van der Waals surface area contributed by atoms with E-state index in [0.29, 0.717) is 11.4 Å². The summed E-state index contributed by atoms with van der Waals surface area (Å²) in [4.78, 5) is 16.0. The number of nitrogen functional groups attached to an aromatic ring is 1. The number of aliphatic hydroxyl groups excluding tert-OH is 1. The third-order valence-electron chi connectivity index (χ3n) is 2.13. The topological polar surface area (TPSA) is 91.6 Å². The Morgan fingerprint density at radius 1 is 1.75 bits per heavy atom. The lowest BCUT2D eigenvalue weighted by Crippen LogP contribution is -2.36. The molecule has 0 spiro atoms. The fourth-order valence-corrected chi connectivity index (χ4v) is 1.38.